The van der Waals surface area contributed by atoms with E-state index < -0.39 is 0 Å². The van der Waals surface area contributed by atoms with E-state index in [1.165, 1.54) is 0 Å². The number of amides is 1. The van der Waals surface area contributed by atoms with Gasteiger partial charge in [-0.25, -0.2) is 0 Å². The summed E-state index contributed by atoms with van der Waals surface area (Å²) in [6.45, 7) is 8.22. The normalized spacial score (nSPS) is 22.5. The van der Waals surface area contributed by atoms with Gasteiger partial charge in [0.2, 0.25) is 5.91 Å². The first-order valence-electron chi connectivity index (χ1n) is 5.64. The van der Waals surface area contributed by atoms with Crippen molar-refractivity contribution in [2.45, 2.75) is 33.2 Å². The lowest BCUT2D eigenvalue weighted by molar-refractivity contribution is -0.123. The molecule has 1 amide bonds. The van der Waals surface area contributed by atoms with Gasteiger partial charge < -0.3 is 10.6 Å². The Morgan fingerprint density at radius 2 is 2.33 bits per heavy atom. The third-order valence-electron chi connectivity index (χ3n) is 2.94. The molecule has 1 atom stereocenters. The standard InChI is InChI=1S/C11H22N2OS/c1-4-11(2,3)8-13-10(14)9-7-15-6-5-12-9/h9,12H,4-8H2,1-3H3,(H,13,14). The number of hydrogen-bond donors (Lipinski definition) is 2. The molecule has 3 nitrogen and oxygen atoms in total. The van der Waals surface area contributed by atoms with Crippen molar-refractivity contribution in [2.24, 2.45) is 5.41 Å². The van der Waals surface area contributed by atoms with Crippen LogP contribution < -0.4 is 10.6 Å². The monoisotopic (exact) mass is 230 g/mol. The molecule has 0 aromatic heterocycles. The molecule has 0 aromatic carbocycles. The second kappa shape index (κ2) is 5.75. The summed E-state index contributed by atoms with van der Waals surface area (Å²) in [6.07, 6.45) is 1.08. The summed E-state index contributed by atoms with van der Waals surface area (Å²) in [5.41, 5.74) is 0.206. The Labute approximate surface area is 96.8 Å². The molecular weight excluding hydrogens is 208 g/mol. The van der Waals surface area contributed by atoms with E-state index in [0.717, 1.165) is 31.0 Å². The van der Waals surface area contributed by atoms with Gasteiger partial charge in [-0.15, -0.1) is 0 Å². The maximum Gasteiger partial charge on any atom is 0.238 e. The van der Waals surface area contributed by atoms with E-state index in [1.807, 2.05) is 11.8 Å². The van der Waals surface area contributed by atoms with Crippen molar-refractivity contribution in [3.63, 3.8) is 0 Å². The molecular formula is C11H22N2OS. The van der Waals surface area contributed by atoms with Gasteiger partial charge in [-0.1, -0.05) is 20.8 Å². The van der Waals surface area contributed by atoms with Gasteiger partial charge in [0.1, 0.15) is 0 Å². The van der Waals surface area contributed by atoms with Crippen LogP contribution in [0.15, 0.2) is 0 Å². The van der Waals surface area contributed by atoms with Crippen molar-refractivity contribution in [1.29, 1.82) is 0 Å². The number of hydrogen-bond acceptors (Lipinski definition) is 3. The van der Waals surface area contributed by atoms with Crippen LogP contribution in [0.1, 0.15) is 27.2 Å². The topological polar surface area (TPSA) is 41.1 Å². The summed E-state index contributed by atoms with van der Waals surface area (Å²) in [6, 6.07) is 0.0106. The van der Waals surface area contributed by atoms with Gasteiger partial charge in [0, 0.05) is 24.6 Å². The van der Waals surface area contributed by atoms with Gasteiger partial charge in [0.25, 0.3) is 0 Å². The molecule has 2 N–H and O–H groups in total. The van der Waals surface area contributed by atoms with E-state index in [-0.39, 0.29) is 17.4 Å². The molecule has 1 rings (SSSR count). The minimum atomic E-state index is 0.0106. The molecule has 0 radical (unpaired) electrons. The summed E-state index contributed by atoms with van der Waals surface area (Å²) in [5, 5.41) is 6.27. The van der Waals surface area contributed by atoms with Gasteiger partial charge >= 0.3 is 0 Å². The Kier molecular flexibility index (Phi) is 4.93. The molecule has 1 saturated heterocycles. The average molecular weight is 230 g/mol. The zero-order chi connectivity index (χ0) is 11.3. The predicted molar refractivity (Wildman–Crippen MR) is 66.2 cm³/mol. The van der Waals surface area contributed by atoms with Gasteiger partial charge in [0.15, 0.2) is 0 Å². The molecule has 0 bridgehead atoms. The van der Waals surface area contributed by atoms with Crippen LogP contribution in [0.2, 0.25) is 0 Å². The van der Waals surface area contributed by atoms with E-state index in [9.17, 15) is 4.79 Å². The van der Waals surface area contributed by atoms with Crippen LogP contribution in [0.4, 0.5) is 0 Å². The van der Waals surface area contributed by atoms with Crippen LogP contribution in [0, 0.1) is 5.41 Å². The van der Waals surface area contributed by atoms with Gasteiger partial charge in [-0.2, -0.15) is 11.8 Å². The molecule has 15 heavy (non-hydrogen) atoms. The highest BCUT2D eigenvalue weighted by Crippen LogP contribution is 2.17. The average Bonchev–Trinajstić information content (AvgIpc) is 2.27. The predicted octanol–water partition coefficient (Wildman–Crippen LogP) is 1.24. The van der Waals surface area contributed by atoms with Crippen molar-refractivity contribution >= 4 is 17.7 Å². The molecule has 1 aliphatic rings. The lowest BCUT2D eigenvalue weighted by atomic mass is 9.90. The molecule has 0 aromatic rings. The highest BCUT2D eigenvalue weighted by Gasteiger charge is 2.23. The van der Waals surface area contributed by atoms with Crippen LogP contribution in [0.3, 0.4) is 0 Å². The maximum absolute atomic E-state index is 11.8. The van der Waals surface area contributed by atoms with E-state index in [2.05, 4.69) is 31.4 Å². The Balaban J connectivity index is 2.28. The summed E-state index contributed by atoms with van der Waals surface area (Å²) < 4.78 is 0. The molecule has 1 unspecified atom stereocenters. The zero-order valence-electron chi connectivity index (χ0n) is 9.93. The van der Waals surface area contributed by atoms with Crippen LogP contribution in [0.5, 0.6) is 0 Å². The number of carbonyl (C=O) groups is 1. The quantitative estimate of drug-likeness (QED) is 0.763. The third-order valence-corrected chi connectivity index (χ3v) is 4.00. The SMILES string of the molecule is CCC(C)(C)CNC(=O)C1CSCCN1. The molecule has 0 spiro atoms. The Hall–Kier alpha value is -0.220. The van der Waals surface area contributed by atoms with Crippen LogP contribution >= 0.6 is 11.8 Å². The summed E-state index contributed by atoms with van der Waals surface area (Å²) >= 11 is 1.85. The Morgan fingerprint density at radius 3 is 2.87 bits per heavy atom. The van der Waals surface area contributed by atoms with Crippen molar-refractivity contribution < 1.29 is 4.79 Å². The number of thioether (sulfide) groups is 1. The first kappa shape index (κ1) is 12.8. The minimum Gasteiger partial charge on any atom is -0.354 e. The molecule has 0 saturated carbocycles. The highest BCUT2D eigenvalue weighted by molar-refractivity contribution is 7.99. The van der Waals surface area contributed by atoms with E-state index in [0.29, 0.717) is 0 Å². The second-order valence-corrected chi connectivity index (χ2v) is 5.97. The highest BCUT2D eigenvalue weighted by atomic mass is 32.2. The van der Waals surface area contributed by atoms with Crippen LogP contribution in [0.25, 0.3) is 0 Å². The Morgan fingerprint density at radius 1 is 1.60 bits per heavy atom. The largest absolute Gasteiger partial charge is 0.354 e. The summed E-state index contributed by atoms with van der Waals surface area (Å²) in [5.74, 6) is 2.17. The number of nitrogens with one attached hydrogen (secondary N) is 2. The van der Waals surface area contributed by atoms with Crippen molar-refractivity contribution in [3.05, 3.63) is 0 Å². The fourth-order valence-electron chi connectivity index (χ4n) is 1.31. The lowest BCUT2D eigenvalue weighted by Crippen LogP contribution is -2.50. The first-order valence-corrected chi connectivity index (χ1v) is 6.79. The van der Waals surface area contributed by atoms with Crippen LogP contribution in [-0.2, 0) is 4.79 Å². The Bertz CT molecular complexity index is 213. The molecule has 0 aliphatic carbocycles. The smallest absolute Gasteiger partial charge is 0.238 e. The zero-order valence-corrected chi connectivity index (χ0v) is 10.7. The lowest BCUT2D eigenvalue weighted by Gasteiger charge is -2.26. The molecule has 1 fully saturated rings. The first-order chi connectivity index (χ1) is 7.05. The van der Waals surface area contributed by atoms with Crippen molar-refractivity contribution in [3.8, 4) is 0 Å². The third kappa shape index (κ3) is 4.43. The minimum absolute atomic E-state index is 0.0106. The molecule has 1 aliphatic heterocycles. The van der Waals surface area contributed by atoms with Gasteiger partial charge in [0.05, 0.1) is 6.04 Å². The molecule has 88 valence electrons. The van der Waals surface area contributed by atoms with E-state index in [4.69, 9.17) is 0 Å². The number of carbonyl (C=O) groups excluding carboxylic acids is 1. The molecule has 1 heterocycles. The van der Waals surface area contributed by atoms with E-state index >= 15 is 0 Å². The van der Waals surface area contributed by atoms with Crippen LogP contribution in [-0.4, -0.2) is 36.5 Å². The van der Waals surface area contributed by atoms with Crippen molar-refractivity contribution in [1.82, 2.24) is 10.6 Å². The fraction of sp³-hybridized carbons (Fsp3) is 0.909. The van der Waals surface area contributed by atoms with E-state index in [1.54, 1.807) is 0 Å². The van der Waals surface area contributed by atoms with Gasteiger partial charge in [-0.3, -0.25) is 4.79 Å². The summed E-state index contributed by atoms with van der Waals surface area (Å²) in [7, 11) is 0. The van der Waals surface area contributed by atoms with Gasteiger partial charge in [-0.05, 0) is 11.8 Å². The maximum atomic E-state index is 11.8. The summed E-state index contributed by atoms with van der Waals surface area (Å²) in [4.78, 5) is 11.8. The number of rotatable bonds is 4. The second-order valence-electron chi connectivity index (χ2n) is 4.82. The van der Waals surface area contributed by atoms with Crippen molar-refractivity contribution in [2.75, 3.05) is 24.6 Å². The molecule has 4 heteroatoms. The fourth-order valence-corrected chi connectivity index (χ4v) is 2.24.